The number of anilines is 1. The minimum Gasteiger partial charge on any atom is -0.369 e. The van der Waals surface area contributed by atoms with Crippen molar-refractivity contribution in [3.8, 4) is 0 Å². The zero-order chi connectivity index (χ0) is 9.26. The third-order valence-electron chi connectivity index (χ3n) is 2.14. The quantitative estimate of drug-likeness (QED) is 0.794. The number of hydrogen-bond acceptors (Lipinski definition) is 3. The van der Waals surface area contributed by atoms with Crippen LogP contribution < -0.4 is 5.73 Å². The standard InChI is InChI=1S/C9H11N3S/c1-7(8-2-5-13-6-8)12-4-3-11-9(12)10/h2-7H,1H3,(H2,10,11). The zero-order valence-corrected chi connectivity index (χ0v) is 8.16. The summed E-state index contributed by atoms with van der Waals surface area (Å²) in [7, 11) is 0. The predicted octanol–water partition coefficient (Wildman–Crippen LogP) is 2.14. The number of nitrogens with two attached hydrogens (primary N) is 1. The fraction of sp³-hybridized carbons (Fsp3) is 0.222. The molecule has 2 rings (SSSR count). The van der Waals surface area contributed by atoms with Crippen molar-refractivity contribution in [3.63, 3.8) is 0 Å². The van der Waals surface area contributed by atoms with Crippen molar-refractivity contribution in [2.45, 2.75) is 13.0 Å². The first-order chi connectivity index (χ1) is 6.29. The van der Waals surface area contributed by atoms with E-state index in [1.165, 1.54) is 5.56 Å². The van der Waals surface area contributed by atoms with Gasteiger partial charge in [-0.1, -0.05) is 0 Å². The lowest BCUT2D eigenvalue weighted by atomic mass is 10.2. The van der Waals surface area contributed by atoms with Gasteiger partial charge in [0, 0.05) is 12.4 Å². The minimum atomic E-state index is 0.272. The fourth-order valence-electron chi connectivity index (χ4n) is 1.33. The van der Waals surface area contributed by atoms with Gasteiger partial charge >= 0.3 is 0 Å². The Hall–Kier alpha value is -1.29. The van der Waals surface area contributed by atoms with Crippen LogP contribution in [0.15, 0.2) is 29.2 Å². The van der Waals surface area contributed by atoms with Gasteiger partial charge in [-0.05, 0) is 29.3 Å². The summed E-state index contributed by atoms with van der Waals surface area (Å²) in [6, 6.07) is 2.38. The van der Waals surface area contributed by atoms with Gasteiger partial charge in [-0.3, -0.25) is 0 Å². The average molecular weight is 193 g/mol. The summed E-state index contributed by atoms with van der Waals surface area (Å²) in [5, 5.41) is 4.20. The Bertz CT molecular complexity index is 377. The minimum absolute atomic E-state index is 0.272. The topological polar surface area (TPSA) is 43.8 Å². The molecule has 0 aliphatic rings. The Morgan fingerprint density at radius 3 is 3.00 bits per heavy atom. The SMILES string of the molecule is CC(c1ccsc1)n1ccnc1N. The highest BCUT2D eigenvalue weighted by Crippen LogP contribution is 2.21. The summed E-state index contributed by atoms with van der Waals surface area (Å²) in [5.41, 5.74) is 6.98. The van der Waals surface area contributed by atoms with Gasteiger partial charge in [-0.2, -0.15) is 11.3 Å². The second-order valence-electron chi connectivity index (χ2n) is 2.93. The van der Waals surface area contributed by atoms with Gasteiger partial charge in [0.1, 0.15) is 0 Å². The predicted molar refractivity (Wildman–Crippen MR) is 54.8 cm³/mol. The van der Waals surface area contributed by atoms with Crippen molar-refractivity contribution in [1.29, 1.82) is 0 Å². The number of nitrogens with zero attached hydrogens (tertiary/aromatic N) is 2. The summed E-state index contributed by atoms with van der Waals surface area (Å²) in [6.07, 6.45) is 3.62. The van der Waals surface area contributed by atoms with Gasteiger partial charge in [-0.25, -0.2) is 4.98 Å². The number of thiophene rings is 1. The van der Waals surface area contributed by atoms with E-state index in [2.05, 4.69) is 28.7 Å². The number of aromatic nitrogens is 2. The molecule has 0 aliphatic carbocycles. The highest BCUT2D eigenvalue weighted by Gasteiger charge is 2.09. The molecule has 1 unspecified atom stereocenters. The molecule has 3 nitrogen and oxygen atoms in total. The van der Waals surface area contributed by atoms with E-state index in [-0.39, 0.29) is 6.04 Å². The Morgan fingerprint density at radius 1 is 1.62 bits per heavy atom. The molecule has 0 radical (unpaired) electrons. The van der Waals surface area contributed by atoms with Crippen LogP contribution in [0, 0.1) is 0 Å². The molecule has 0 aromatic carbocycles. The first kappa shape index (κ1) is 8.31. The summed E-state index contributed by atoms with van der Waals surface area (Å²) in [6.45, 7) is 2.11. The second-order valence-corrected chi connectivity index (χ2v) is 3.71. The Morgan fingerprint density at radius 2 is 2.46 bits per heavy atom. The van der Waals surface area contributed by atoms with Crippen molar-refractivity contribution in [3.05, 3.63) is 34.8 Å². The maximum atomic E-state index is 5.70. The van der Waals surface area contributed by atoms with E-state index in [1.807, 2.05) is 10.8 Å². The molecule has 0 bridgehead atoms. The molecule has 0 aliphatic heterocycles. The molecule has 13 heavy (non-hydrogen) atoms. The smallest absolute Gasteiger partial charge is 0.200 e. The lowest BCUT2D eigenvalue weighted by Crippen LogP contribution is -2.08. The fourth-order valence-corrected chi connectivity index (χ4v) is 2.07. The van der Waals surface area contributed by atoms with E-state index < -0.39 is 0 Å². The van der Waals surface area contributed by atoms with Crippen molar-refractivity contribution < 1.29 is 0 Å². The van der Waals surface area contributed by atoms with Crippen LogP contribution in [0.2, 0.25) is 0 Å². The van der Waals surface area contributed by atoms with Gasteiger partial charge in [-0.15, -0.1) is 0 Å². The molecule has 0 fully saturated rings. The van der Waals surface area contributed by atoms with Crippen LogP contribution in [0.25, 0.3) is 0 Å². The first-order valence-electron chi connectivity index (χ1n) is 4.09. The maximum absolute atomic E-state index is 5.70. The molecule has 2 N–H and O–H groups in total. The van der Waals surface area contributed by atoms with E-state index in [4.69, 9.17) is 5.73 Å². The van der Waals surface area contributed by atoms with Crippen molar-refractivity contribution in [2.75, 3.05) is 5.73 Å². The second kappa shape index (κ2) is 3.22. The zero-order valence-electron chi connectivity index (χ0n) is 7.34. The van der Waals surface area contributed by atoms with E-state index >= 15 is 0 Å². The average Bonchev–Trinajstić information content (AvgIpc) is 2.72. The molecule has 0 saturated heterocycles. The summed E-state index contributed by atoms with van der Waals surface area (Å²) < 4.78 is 1.96. The molecule has 0 saturated carbocycles. The molecule has 0 spiro atoms. The molecule has 2 heterocycles. The number of imidazole rings is 1. The van der Waals surface area contributed by atoms with Crippen LogP contribution in [0.3, 0.4) is 0 Å². The van der Waals surface area contributed by atoms with Crippen LogP contribution in [0.1, 0.15) is 18.5 Å². The van der Waals surface area contributed by atoms with E-state index in [9.17, 15) is 0 Å². The molecule has 68 valence electrons. The largest absolute Gasteiger partial charge is 0.369 e. The first-order valence-corrected chi connectivity index (χ1v) is 5.03. The number of hydrogen-bond donors (Lipinski definition) is 1. The third kappa shape index (κ3) is 1.45. The van der Waals surface area contributed by atoms with Crippen LogP contribution in [-0.2, 0) is 0 Å². The Kier molecular flexibility index (Phi) is 2.06. The molecule has 1 atom stereocenters. The molecule has 0 amide bonds. The highest BCUT2D eigenvalue weighted by molar-refractivity contribution is 7.07. The van der Waals surface area contributed by atoms with E-state index in [1.54, 1.807) is 17.5 Å². The van der Waals surface area contributed by atoms with Crippen molar-refractivity contribution in [2.24, 2.45) is 0 Å². The lowest BCUT2D eigenvalue weighted by Gasteiger charge is -2.12. The Labute approximate surface area is 80.8 Å². The third-order valence-corrected chi connectivity index (χ3v) is 2.84. The summed E-state index contributed by atoms with van der Waals surface area (Å²) >= 11 is 1.70. The van der Waals surface area contributed by atoms with Crippen LogP contribution in [0.4, 0.5) is 5.95 Å². The summed E-state index contributed by atoms with van der Waals surface area (Å²) in [5.74, 6) is 0.568. The molecule has 2 aromatic heterocycles. The lowest BCUT2D eigenvalue weighted by molar-refractivity contribution is 0.650. The van der Waals surface area contributed by atoms with Crippen molar-refractivity contribution in [1.82, 2.24) is 9.55 Å². The molecule has 4 heteroatoms. The van der Waals surface area contributed by atoms with Gasteiger partial charge in [0.05, 0.1) is 6.04 Å². The molecular formula is C9H11N3S. The van der Waals surface area contributed by atoms with Gasteiger partial charge in [0.15, 0.2) is 0 Å². The van der Waals surface area contributed by atoms with Crippen LogP contribution in [-0.4, -0.2) is 9.55 Å². The maximum Gasteiger partial charge on any atom is 0.200 e. The highest BCUT2D eigenvalue weighted by atomic mass is 32.1. The van der Waals surface area contributed by atoms with Crippen molar-refractivity contribution >= 4 is 17.3 Å². The monoisotopic (exact) mass is 193 g/mol. The Balaban J connectivity index is 2.33. The number of rotatable bonds is 2. The normalized spacial score (nSPS) is 13.0. The van der Waals surface area contributed by atoms with Gasteiger partial charge < -0.3 is 10.3 Å². The molecule has 2 aromatic rings. The summed E-state index contributed by atoms with van der Waals surface area (Å²) in [4.78, 5) is 3.99. The van der Waals surface area contributed by atoms with Crippen LogP contribution in [0.5, 0.6) is 0 Å². The van der Waals surface area contributed by atoms with E-state index in [0.29, 0.717) is 5.95 Å². The van der Waals surface area contributed by atoms with Gasteiger partial charge in [0.2, 0.25) is 5.95 Å². The van der Waals surface area contributed by atoms with Gasteiger partial charge in [0.25, 0.3) is 0 Å². The molecular weight excluding hydrogens is 182 g/mol. The van der Waals surface area contributed by atoms with Crippen LogP contribution >= 0.6 is 11.3 Å². The van der Waals surface area contributed by atoms with E-state index in [0.717, 1.165) is 0 Å². The number of nitrogen functional groups attached to an aromatic ring is 1.